The first kappa shape index (κ1) is 26.3. The number of nitrogens with zero attached hydrogens (tertiary/aromatic N) is 4. The SMILES string of the molecule is Cc1nc(N2CCC(N(C)C)CC2)nc2ccc(NC(=O)C=Cc3ccc(OC(F)(F)F)cc3F)cc12. The molecular formula is C26H27F4N5O2. The van der Waals surface area contributed by atoms with Crippen molar-refractivity contribution < 1.29 is 27.1 Å². The molecule has 3 aromatic rings. The minimum atomic E-state index is -4.92. The van der Waals surface area contributed by atoms with E-state index in [1.54, 1.807) is 18.2 Å². The van der Waals surface area contributed by atoms with Gasteiger partial charge in [0.05, 0.1) is 11.2 Å². The minimum absolute atomic E-state index is 0.0606. The van der Waals surface area contributed by atoms with Gasteiger partial charge in [0.25, 0.3) is 0 Å². The summed E-state index contributed by atoms with van der Waals surface area (Å²) in [6.45, 7) is 3.65. The van der Waals surface area contributed by atoms with E-state index >= 15 is 0 Å². The largest absolute Gasteiger partial charge is 0.573 e. The van der Waals surface area contributed by atoms with E-state index < -0.39 is 23.8 Å². The number of anilines is 2. The maximum atomic E-state index is 14.1. The molecule has 37 heavy (non-hydrogen) atoms. The number of amides is 1. The van der Waals surface area contributed by atoms with Crippen molar-refractivity contribution in [2.45, 2.75) is 32.2 Å². The zero-order chi connectivity index (χ0) is 26.7. The summed E-state index contributed by atoms with van der Waals surface area (Å²) >= 11 is 0. The standard InChI is InChI=1S/C26H27F4N5O2/c1-16-21-14-18(6-8-23(21)33-25(31-16)35-12-10-19(11-13-35)34(2)3)32-24(36)9-5-17-4-7-20(15-22(17)27)37-26(28,29)30/h4-9,14-15,19H,10-13H2,1-3H3,(H,32,36). The predicted octanol–water partition coefficient (Wildman–Crippen LogP) is 5.16. The number of hydrogen-bond acceptors (Lipinski definition) is 6. The number of carbonyl (C=O) groups excluding carboxylic acids is 1. The number of ether oxygens (including phenoxy) is 1. The minimum Gasteiger partial charge on any atom is -0.406 e. The number of aromatic nitrogens is 2. The molecule has 0 unspecified atom stereocenters. The lowest BCUT2D eigenvalue weighted by Crippen LogP contribution is -2.42. The third kappa shape index (κ3) is 6.73. The summed E-state index contributed by atoms with van der Waals surface area (Å²) in [5.41, 5.74) is 1.98. The Morgan fingerprint density at radius 1 is 1.14 bits per heavy atom. The fourth-order valence-electron chi connectivity index (χ4n) is 4.26. The lowest BCUT2D eigenvalue weighted by molar-refractivity contribution is -0.274. The predicted molar refractivity (Wildman–Crippen MR) is 134 cm³/mol. The number of aryl methyl sites for hydroxylation is 1. The van der Waals surface area contributed by atoms with Crippen LogP contribution in [0.25, 0.3) is 17.0 Å². The van der Waals surface area contributed by atoms with Crippen LogP contribution in [0.5, 0.6) is 5.75 Å². The topological polar surface area (TPSA) is 70.6 Å². The molecule has 1 saturated heterocycles. The van der Waals surface area contributed by atoms with E-state index in [4.69, 9.17) is 4.98 Å². The molecule has 0 aliphatic carbocycles. The molecule has 1 aliphatic heterocycles. The molecule has 196 valence electrons. The van der Waals surface area contributed by atoms with Crippen LogP contribution in [0, 0.1) is 12.7 Å². The third-order valence-corrected chi connectivity index (χ3v) is 6.24. The van der Waals surface area contributed by atoms with Crippen LogP contribution in [0.15, 0.2) is 42.5 Å². The summed E-state index contributed by atoms with van der Waals surface area (Å²) in [5.74, 6) is -1.48. The third-order valence-electron chi connectivity index (χ3n) is 6.24. The number of halogens is 4. The Balaban J connectivity index is 1.43. The summed E-state index contributed by atoms with van der Waals surface area (Å²) in [5, 5.41) is 3.49. The monoisotopic (exact) mass is 517 g/mol. The van der Waals surface area contributed by atoms with E-state index in [0.29, 0.717) is 23.7 Å². The smallest absolute Gasteiger partial charge is 0.406 e. The number of piperidine rings is 1. The number of rotatable bonds is 6. The van der Waals surface area contributed by atoms with E-state index in [1.807, 2.05) is 6.92 Å². The molecule has 7 nitrogen and oxygen atoms in total. The molecule has 4 rings (SSSR count). The highest BCUT2D eigenvalue weighted by Gasteiger charge is 2.31. The number of alkyl halides is 3. The number of nitrogens with one attached hydrogen (secondary N) is 1. The molecule has 0 bridgehead atoms. The normalized spacial score (nSPS) is 15.1. The zero-order valence-electron chi connectivity index (χ0n) is 20.6. The van der Waals surface area contributed by atoms with Crippen molar-refractivity contribution in [3.63, 3.8) is 0 Å². The molecule has 0 atom stereocenters. The molecule has 11 heteroatoms. The molecule has 1 fully saturated rings. The molecule has 0 spiro atoms. The highest BCUT2D eigenvalue weighted by Crippen LogP contribution is 2.26. The van der Waals surface area contributed by atoms with Gasteiger partial charge in [0, 0.05) is 47.9 Å². The maximum Gasteiger partial charge on any atom is 0.573 e. The van der Waals surface area contributed by atoms with E-state index in [0.717, 1.165) is 60.7 Å². The summed E-state index contributed by atoms with van der Waals surface area (Å²) in [4.78, 5) is 26.2. The van der Waals surface area contributed by atoms with Crippen LogP contribution in [-0.2, 0) is 4.79 Å². The van der Waals surface area contributed by atoms with Crippen molar-refractivity contribution in [1.29, 1.82) is 0 Å². The average molecular weight is 518 g/mol. The van der Waals surface area contributed by atoms with Gasteiger partial charge in [0.1, 0.15) is 11.6 Å². The van der Waals surface area contributed by atoms with Crippen molar-refractivity contribution in [2.24, 2.45) is 0 Å². The number of benzene rings is 2. The van der Waals surface area contributed by atoms with Gasteiger partial charge in [-0.2, -0.15) is 0 Å². The van der Waals surface area contributed by atoms with Crippen LogP contribution < -0.4 is 15.0 Å². The molecule has 1 amide bonds. The lowest BCUT2D eigenvalue weighted by atomic mass is 10.0. The first-order valence-electron chi connectivity index (χ1n) is 11.7. The van der Waals surface area contributed by atoms with Crippen LogP contribution in [0.1, 0.15) is 24.1 Å². The summed E-state index contributed by atoms with van der Waals surface area (Å²) < 4.78 is 54.6. The Morgan fingerprint density at radius 2 is 1.86 bits per heavy atom. The fourth-order valence-corrected chi connectivity index (χ4v) is 4.26. The van der Waals surface area contributed by atoms with Crippen LogP contribution >= 0.6 is 0 Å². The van der Waals surface area contributed by atoms with E-state index in [-0.39, 0.29) is 5.56 Å². The first-order chi connectivity index (χ1) is 17.5. The van der Waals surface area contributed by atoms with Gasteiger partial charge in [-0.15, -0.1) is 13.2 Å². The van der Waals surface area contributed by atoms with Gasteiger partial charge in [0.2, 0.25) is 11.9 Å². The van der Waals surface area contributed by atoms with Crippen molar-refractivity contribution in [3.8, 4) is 5.75 Å². The molecule has 0 saturated carbocycles. The molecule has 1 aromatic heterocycles. The quantitative estimate of drug-likeness (QED) is 0.360. The van der Waals surface area contributed by atoms with Gasteiger partial charge in [-0.25, -0.2) is 14.4 Å². The zero-order valence-corrected chi connectivity index (χ0v) is 20.6. The molecule has 0 radical (unpaired) electrons. The summed E-state index contributed by atoms with van der Waals surface area (Å²) in [6.07, 6.45) is -0.569. The highest BCUT2D eigenvalue weighted by molar-refractivity contribution is 6.03. The second kappa shape index (κ2) is 10.7. The molecule has 2 aromatic carbocycles. The Hall–Kier alpha value is -3.73. The average Bonchev–Trinajstić information content (AvgIpc) is 2.83. The van der Waals surface area contributed by atoms with E-state index in [2.05, 4.69) is 38.9 Å². The van der Waals surface area contributed by atoms with Crippen LogP contribution in [0.3, 0.4) is 0 Å². The Morgan fingerprint density at radius 3 is 2.51 bits per heavy atom. The second-order valence-corrected chi connectivity index (χ2v) is 9.08. The highest BCUT2D eigenvalue weighted by atomic mass is 19.4. The molecule has 1 aliphatic rings. The van der Waals surface area contributed by atoms with Crippen molar-refractivity contribution in [1.82, 2.24) is 14.9 Å². The van der Waals surface area contributed by atoms with Gasteiger partial charge in [-0.05, 0) is 70.3 Å². The lowest BCUT2D eigenvalue weighted by Gasteiger charge is -2.35. The molecule has 1 N–H and O–H groups in total. The molecule has 2 heterocycles. The van der Waals surface area contributed by atoms with Gasteiger partial charge < -0.3 is 19.9 Å². The fraction of sp³-hybridized carbons (Fsp3) is 0.346. The van der Waals surface area contributed by atoms with Gasteiger partial charge in [-0.3, -0.25) is 4.79 Å². The van der Waals surface area contributed by atoms with Crippen LogP contribution in [0.4, 0.5) is 29.2 Å². The van der Waals surface area contributed by atoms with E-state index in [1.165, 1.54) is 6.08 Å². The van der Waals surface area contributed by atoms with Crippen molar-refractivity contribution in [2.75, 3.05) is 37.4 Å². The summed E-state index contributed by atoms with van der Waals surface area (Å²) in [7, 11) is 4.19. The number of fused-ring (bicyclic) bond motifs is 1. The van der Waals surface area contributed by atoms with Crippen LogP contribution in [0.2, 0.25) is 0 Å². The van der Waals surface area contributed by atoms with E-state index in [9.17, 15) is 22.4 Å². The summed E-state index contributed by atoms with van der Waals surface area (Å²) in [6, 6.07) is 8.51. The first-order valence-corrected chi connectivity index (χ1v) is 11.7. The second-order valence-electron chi connectivity index (χ2n) is 9.08. The van der Waals surface area contributed by atoms with Crippen molar-refractivity contribution >= 4 is 34.5 Å². The number of carbonyl (C=O) groups is 1. The van der Waals surface area contributed by atoms with Gasteiger partial charge in [0.15, 0.2) is 0 Å². The van der Waals surface area contributed by atoms with Gasteiger partial charge >= 0.3 is 6.36 Å². The number of hydrogen-bond donors (Lipinski definition) is 1. The Kier molecular flexibility index (Phi) is 7.63. The Bertz CT molecular complexity index is 1320. The van der Waals surface area contributed by atoms with Crippen molar-refractivity contribution in [3.05, 3.63) is 59.5 Å². The maximum absolute atomic E-state index is 14.1. The molecular weight excluding hydrogens is 490 g/mol. The van der Waals surface area contributed by atoms with Crippen LogP contribution in [-0.4, -0.2) is 60.4 Å². The Labute approximate surface area is 211 Å². The van der Waals surface area contributed by atoms with Gasteiger partial charge in [-0.1, -0.05) is 0 Å².